The van der Waals surface area contributed by atoms with Crippen molar-refractivity contribution in [3.8, 4) is 0 Å². The summed E-state index contributed by atoms with van der Waals surface area (Å²) >= 11 is 6.89. The number of benzene rings is 1. The van der Waals surface area contributed by atoms with Crippen LogP contribution in [0.15, 0.2) is 27.1 Å². The van der Waals surface area contributed by atoms with Crippen LogP contribution in [0.25, 0.3) is 0 Å². The molecule has 1 aliphatic heterocycles. The molecule has 2 N–H and O–H groups in total. The predicted octanol–water partition coefficient (Wildman–Crippen LogP) is 3.93. The van der Waals surface area contributed by atoms with Gasteiger partial charge in [-0.3, -0.25) is 4.79 Å². The largest absolute Gasteiger partial charge is 0.325 e. The lowest BCUT2D eigenvalue weighted by Crippen LogP contribution is -2.38. The molecule has 1 heterocycles. The summed E-state index contributed by atoms with van der Waals surface area (Å²) in [4.78, 5) is 12.6. The normalized spacial score (nSPS) is 22.5. The minimum Gasteiger partial charge on any atom is -0.325 e. The van der Waals surface area contributed by atoms with E-state index in [1.54, 1.807) is 0 Å². The Hall–Kier alpha value is -0.390. The standard InChI is InChI=1S/C14H18Br2N2O/c1-2-5-14(6-7-17-9-14)13(19)18-12-4-3-10(15)8-11(12)16/h3-4,8,17H,2,5-7,9H2,1H3,(H,18,19). The van der Waals surface area contributed by atoms with E-state index in [1.807, 2.05) is 18.2 Å². The van der Waals surface area contributed by atoms with Crippen molar-refractivity contribution in [1.29, 1.82) is 0 Å². The third kappa shape index (κ3) is 3.38. The number of hydrogen-bond donors (Lipinski definition) is 2. The van der Waals surface area contributed by atoms with E-state index in [4.69, 9.17) is 0 Å². The molecule has 0 aliphatic carbocycles. The predicted molar refractivity (Wildman–Crippen MR) is 85.3 cm³/mol. The maximum Gasteiger partial charge on any atom is 0.231 e. The van der Waals surface area contributed by atoms with Gasteiger partial charge in [0.25, 0.3) is 0 Å². The molecule has 1 aromatic carbocycles. The van der Waals surface area contributed by atoms with Gasteiger partial charge >= 0.3 is 0 Å². The van der Waals surface area contributed by atoms with Gasteiger partial charge in [-0.15, -0.1) is 0 Å². The molecule has 5 heteroatoms. The minimum absolute atomic E-state index is 0.127. The molecule has 0 radical (unpaired) electrons. The second-order valence-electron chi connectivity index (χ2n) is 5.04. The van der Waals surface area contributed by atoms with E-state index in [0.717, 1.165) is 47.0 Å². The van der Waals surface area contributed by atoms with Crippen molar-refractivity contribution < 1.29 is 4.79 Å². The molecular formula is C14H18Br2N2O. The molecule has 1 aromatic rings. The maximum absolute atomic E-state index is 12.6. The highest BCUT2D eigenvalue weighted by atomic mass is 79.9. The third-order valence-corrected chi connectivity index (χ3v) is 4.78. The molecule has 19 heavy (non-hydrogen) atoms. The third-order valence-electron chi connectivity index (χ3n) is 3.63. The van der Waals surface area contributed by atoms with Gasteiger partial charge in [-0.2, -0.15) is 0 Å². The second-order valence-corrected chi connectivity index (χ2v) is 6.81. The van der Waals surface area contributed by atoms with Crippen LogP contribution in [-0.2, 0) is 4.79 Å². The lowest BCUT2D eigenvalue weighted by atomic mass is 9.81. The fourth-order valence-corrected chi connectivity index (χ4v) is 3.73. The van der Waals surface area contributed by atoms with E-state index < -0.39 is 0 Å². The Morgan fingerprint density at radius 3 is 2.84 bits per heavy atom. The number of halogens is 2. The molecule has 1 atom stereocenters. The number of carbonyl (C=O) groups is 1. The Bertz CT molecular complexity index is 471. The average molecular weight is 390 g/mol. The maximum atomic E-state index is 12.6. The van der Waals surface area contributed by atoms with Gasteiger partial charge in [0.05, 0.1) is 11.1 Å². The first-order chi connectivity index (χ1) is 9.07. The van der Waals surface area contributed by atoms with E-state index in [2.05, 4.69) is 49.4 Å². The molecule has 2 rings (SSSR count). The van der Waals surface area contributed by atoms with Crippen molar-refractivity contribution in [2.24, 2.45) is 5.41 Å². The van der Waals surface area contributed by atoms with Crippen molar-refractivity contribution in [3.63, 3.8) is 0 Å². The van der Waals surface area contributed by atoms with Crippen molar-refractivity contribution in [2.75, 3.05) is 18.4 Å². The fraction of sp³-hybridized carbons (Fsp3) is 0.500. The minimum atomic E-state index is -0.249. The molecule has 0 bridgehead atoms. The van der Waals surface area contributed by atoms with Crippen molar-refractivity contribution >= 4 is 43.5 Å². The molecule has 104 valence electrons. The summed E-state index contributed by atoms with van der Waals surface area (Å²) in [5, 5.41) is 6.37. The molecule has 0 saturated carbocycles. The topological polar surface area (TPSA) is 41.1 Å². The smallest absolute Gasteiger partial charge is 0.231 e. The zero-order chi connectivity index (χ0) is 13.9. The number of anilines is 1. The van der Waals surface area contributed by atoms with Crippen LogP contribution in [0.3, 0.4) is 0 Å². The highest BCUT2D eigenvalue weighted by Crippen LogP contribution is 2.34. The van der Waals surface area contributed by atoms with Gasteiger partial charge in [-0.25, -0.2) is 0 Å². The van der Waals surface area contributed by atoms with Crippen LogP contribution in [-0.4, -0.2) is 19.0 Å². The Labute approximate surface area is 130 Å². The van der Waals surface area contributed by atoms with Crippen LogP contribution in [0, 0.1) is 5.41 Å². The number of rotatable bonds is 4. The zero-order valence-electron chi connectivity index (χ0n) is 10.9. The van der Waals surface area contributed by atoms with Gasteiger partial charge in [0.2, 0.25) is 5.91 Å². The van der Waals surface area contributed by atoms with Gasteiger partial charge < -0.3 is 10.6 Å². The summed E-state index contributed by atoms with van der Waals surface area (Å²) in [7, 11) is 0. The van der Waals surface area contributed by atoms with E-state index >= 15 is 0 Å². The van der Waals surface area contributed by atoms with Crippen LogP contribution in [0.5, 0.6) is 0 Å². The zero-order valence-corrected chi connectivity index (χ0v) is 14.1. The van der Waals surface area contributed by atoms with Crippen molar-refractivity contribution in [1.82, 2.24) is 5.32 Å². The molecule has 1 fully saturated rings. The Balaban J connectivity index is 2.15. The average Bonchev–Trinajstić information content (AvgIpc) is 2.83. The number of carbonyl (C=O) groups excluding carboxylic acids is 1. The Morgan fingerprint density at radius 1 is 1.47 bits per heavy atom. The molecular weight excluding hydrogens is 372 g/mol. The first kappa shape index (κ1) is 15.0. The number of amides is 1. The van der Waals surface area contributed by atoms with Gasteiger partial charge in [0.1, 0.15) is 0 Å². The van der Waals surface area contributed by atoms with E-state index in [9.17, 15) is 4.79 Å². The first-order valence-corrected chi connectivity index (χ1v) is 8.13. The summed E-state index contributed by atoms with van der Waals surface area (Å²) in [6.07, 6.45) is 2.87. The summed E-state index contributed by atoms with van der Waals surface area (Å²) in [6.45, 7) is 3.83. The highest BCUT2D eigenvalue weighted by molar-refractivity contribution is 9.11. The lowest BCUT2D eigenvalue weighted by molar-refractivity contribution is -0.125. The van der Waals surface area contributed by atoms with E-state index in [1.165, 1.54) is 0 Å². The molecule has 0 aromatic heterocycles. The van der Waals surface area contributed by atoms with Gasteiger partial charge in [-0.05, 0) is 53.5 Å². The van der Waals surface area contributed by atoms with Crippen molar-refractivity contribution in [3.05, 3.63) is 27.1 Å². The molecule has 3 nitrogen and oxygen atoms in total. The van der Waals surface area contributed by atoms with Crippen LogP contribution in [0.4, 0.5) is 5.69 Å². The van der Waals surface area contributed by atoms with Gasteiger partial charge in [0.15, 0.2) is 0 Å². The lowest BCUT2D eigenvalue weighted by Gasteiger charge is -2.26. The summed E-state index contributed by atoms with van der Waals surface area (Å²) in [6, 6.07) is 5.78. The summed E-state index contributed by atoms with van der Waals surface area (Å²) in [5.41, 5.74) is 0.580. The quantitative estimate of drug-likeness (QED) is 0.818. The second kappa shape index (κ2) is 6.37. The molecule has 0 spiro atoms. The molecule has 1 unspecified atom stereocenters. The Morgan fingerprint density at radius 2 is 2.26 bits per heavy atom. The molecule has 1 aliphatic rings. The number of hydrogen-bond acceptors (Lipinski definition) is 2. The Kier molecular flexibility index (Phi) is 5.03. The SMILES string of the molecule is CCCC1(C(=O)Nc2ccc(Br)cc2Br)CCNC1. The van der Waals surface area contributed by atoms with Crippen LogP contribution in [0.1, 0.15) is 26.2 Å². The van der Waals surface area contributed by atoms with E-state index in [-0.39, 0.29) is 11.3 Å². The van der Waals surface area contributed by atoms with Crippen LogP contribution < -0.4 is 10.6 Å². The molecule has 1 saturated heterocycles. The molecule has 1 amide bonds. The van der Waals surface area contributed by atoms with Crippen LogP contribution in [0.2, 0.25) is 0 Å². The van der Waals surface area contributed by atoms with Crippen LogP contribution >= 0.6 is 31.9 Å². The monoisotopic (exact) mass is 388 g/mol. The summed E-state index contributed by atoms with van der Waals surface area (Å²) < 4.78 is 1.89. The highest BCUT2D eigenvalue weighted by Gasteiger charge is 2.40. The fourth-order valence-electron chi connectivity index (χ4n) is 2.59. The van der Waals surface area contributed by atoms with Gasteiger partial charge in [-0.1, -0.05) is 29.3 Å². The summed E-state index contributed by atoms with van der Waals surface area (Å²) in [5.74, 6) is 0.127. The first-order valence-electron chi connectivity index (χ1n) is 6.54. The van der Waals surface area contributed by atoms with Crippen molar-refractivity contribution in [2.45, 2.75) is 26.2 Å². The van der Waals surface area contributed by atoms with E-state index in [0.29, 0.717) is 0 Å². The van der Waals surface area contributed by atoms with Gasteiger partial charge in [0, 0.05) is 15.5 Å². The number of nitrogens with one attached hydrogen (secondary N) is 2.